The predicted molar refractivity (Wildman–Crippen MR) is 94.7 cm³/mol. The summed E-state index contributed by atoms with van der Waals surface area (Å²) in [4.78, 5) is 11.7. The molecule has 0 spiro atoms. The van der Waals surface area contributed by atoms with Crippen LogP contribution in [0.15, 0.2) is 49.2 Å². The SMILES string of the molecule is c1cncc(-c2ccc3c([C@@H]4CCCN4C4CCC4)ncn3c2)c1. The molecule has 0 N–H and O–H groups in total. The molecule has 122 valence electrons. The van der Waals surface area contributed by atoms with E-state index in [-0.39, 0.29) is 0 Å². The molecule has 4 nitrogen and oxygen atoms in total. The molecular weight excluding hydrogens is 296 g/mol. The standard InChI is InChI=1S/C20H22N4/c1-5-17(6-1)24-11-3-7-19(24)20-18-9-8-16(13-23(18)14-22-20)15-4-2-10-21-12-15/h2,4,8-10,12-14,17,19H,1,3,5-7,11H2/t19-/m0/s1. The Bertz CT molecular complexity index is 850. The van der Waals surface area contributed by atoms with E-state index in [0.29, 0.717) is 6.04 Å². The molecule has 1 saturated heterocycles. The summed E-state index contributed by atoms with van der Waals surface area (Å²) in [6.07, 6.45) is 14.5. The van der Waals surface area contributed by atoms with Gasteiger partial charge in [0.1, 0.15) is 0 Å². The van der Waals surface area contributed by atoms with Crippen LogP contribution in [0, 0.1) is 0 Å². The fourth-order valence-electron chi connectivity index (χ4n) is 4.22. The van der Waals surface area contributed by atoms with Crippen molar-refractivity contribution in [2.45, 2.75) is 44.2 Å². The average Bonchev–Trinajstić information content (AvgIpc) is 3.20. The minimum absolute atomic E-state index is 0.504. The number of imidazole rings is 1. The van der Waals surface area contributed by atoms with E-state index in [9.17, 15) is 0 Å². The van der Waals surface area contributed by atoms with Gasteiger partial charge < -0.3 is 4.40 Å². The van der Waals surface area contributed by atoms with Gasteiger partial charge in [-0.1, -0.05) is 18.6 Å². The maximum absolute atomic E-state index is 4.81. The molecule has 0 bridgehead atoms. The summed E-state index contributed by atoms with van der Waals surface area (Å²) in [7, 11) is 0. The second-order valence-electron chi connectivity index (χ2n) is 7.06. The van der Waals surface area contributed by atoms with Crippen LogP contribution in [0.4, 0.5) is 0 Å². The summed E-state index contributed by atoms with van der Waals surface area (Å²) in [5.74, 6) is 0. The maximum Gasteiger partial charge on any atom is 0.0996 e. The van der Waals surface area contributed by atoms with E-state index in [4.69, 9.17) is 4.98 Å². The molecule has 0 amide bonds. The van der Waals surface area contributed by atoms with Gasteiger partial charge in [-0.05, 0) is 49.9 Å². The van der Waals surface area contributed by atoms with Crippen LogP contribution in [-0.4, -0.2) is 31.9 Å². The Kier molecular flexibility index (Phi) is 3.37. The molecule has 0 radical (unpaired) electrons. The largest absolute Gasteiger partial charge is 0.305 e. The Labute approximate surface area is 142 Å². The van der Waals surface area contributed by atoms with Crippen LogP contribution in [0.3, 0.4) is 0 Å². The number of aromatic nitrogens is 3. The summed E-state index contributed by atoms with van der Waals surface area (Å²) < 4.78 is 2.18. The molecule has 1 aliphatic carbocycles. The molecule has 0 unspecified atom stereocenters. The van der Waals surface area contributed by atoms with Crippen LogP contribution in [-0.2, 0) is 0 Å². The van der Waals surface area contributed by atoms with Gasteiger partial charge in [0.2, 0.25) is 0 Å². The normalized spacial score (nSPS) is 22.1. The second-order valence-corrected chi connectivity index (χ2v) is 7.06. The Balaban J connectivity index is 1.51. The van der Waals surface area contributed by atoms with Gasteiger partial charge in [-0.2, -0.15) is 0 Å². The van der Waals surface area contributed by atoms with Gasteiger partial charge in [0, 0.05) is 30.2 Å². The third-order valence-corrected chi connectivity index (χ3v) is 5.71. The summed E-state index contributed by atoms with van der Waals surface area (Å²) >= 11 is 0. The van der Waals surface area contributed by atoms with Crippen molar-refractivity contribution in [1.82, 2.24) is 19.3 Å². The molecule has 0 aromatic carbocycles. The van der Waals surface area contributed by atoms with Crippen molar-refractivity contribution in [1.29, 1.82) is 0 Å². The van der Waals surface area contributed by atoms with Crippen molar-refractivity contribution in [3.8, 4) is 11.1 Å². The minimum Gasteiger partial charge on any atom is -0.305 e. The molecule has 4 heteroatoms. The van der Waals surface area contributed by atoms with E-state index in [1.807, 2.05) is 24.8 Å². The monoisotopic (exact) mass is 318 g/mol. The van der Waals surface area contributed by atoms with Crippen molar-refractivity contribution in [2.75, 3.05) is 6.54 Å². The number of hydrogen-bond acceptors (Lipinski definition) is 3. The van der Waals surface area contributed by atoms with E-state index in [1.165, 1.54) is 55.4 Å². The fraction of sp³-hybridized carbons (Fsp3) is 0.400. The highest BCUT2D eigenvalue weighted by Crippen LogP contribution is 2.40. The topological polar surface area (TPSA) is 33.4 Å². The van der Waals surface area contributed by atoms with Gasteiger partial charge in [-0.3, -0.25) is 9.88 Å². The number of likely N-dealkylation sites (tertiary alicyclic amines) is 1. The Morgan fingerprint density at radius 2 is 1.96 bits per heavy atom. The van der Waals surface area contributed by atoms with Crippen molar-refractivity contribution in [3.63, 3.8) is 0 Å². The highest BCUT2D eigenvalue weighted by molar-refractivity contribution is 5.66. The molecule has 1 atom stereocenters. The Hall–Kier alpha value is -2.20. The molecule has 1 aliphatic heterocycles. The van der Waals surface area contributed by atoms with Gasteiger partial charge in [0.05, 0.1) is 23.6 Å². The number of rotatable bonds is 3. The number of hydrogen-bond donors (Lipinski definition) is 0. The van der Waals surface area contributed by atoms with Crippen molar-refractivity contribution >= 4 is 5.52 Å². The second kappa shape index (κ2) is 5.71. The van der Waals surface area contributed by atoms with Crippen molar-refractivity contribution in [3.05, 3.63) is 54.9 Å². The van der Waals surface area contributed by atoms with E-state index < -0.39 is 0 Å². The average molecular weight is 318 g/mol. The maximum atomic E-state index is 4.81. The summed E-state index contributed by atoms with van der Waals surface area (Å²) in [5, 5.41) is 0. The summed E-state index contributed by atoms with van der Waals surface area (Å²) in [6, 6.07) is 9.80. The lowest BCUT2D eigenvalue weighted by molar-refractivity contribution is 0.113. The highest BCUT2D eigenvalue weighted by Gasteiger charge is 2.36. The van der Waals surface area contributed by atoms with Crippen LogP contribution < -0.4 is 0 Å². The Morgan fingerprint density at radius 1 is 1.00 bits per heavy atom. The highest BCUT2D eigenvalue weighted by atomic mass is 15.2. The van der Waals surface area contributed by atoms with E-state index in [0.717, 1.165) is 11.6 Å². The third-order valence-electron chi connectivity index (χ3n) is 5.71. The smallest absolute Gasteiger partial charge is 0.0996 e. The van der Waals surface area contributed by atoms with E-state index in [1.54, 1.807) is 0 Å². The van der Waals surface area contributed by atoms with Gasteiger partial charge >= 0.3 is 0 Å². The van der Waals surface area contributed by atoms with Crippen LogP contribution in [0.1, 0.15) is 43.8 Å². The van der Waals surface area contributed by atoms with Crippen LogP contribution in [0.2, 0.25) is 0 Å². The summed E-state index contributed by atoms with van der Waals surface area (Å²) in [5.41, 5.74) is 4.84. The summed E-state index contributed by atoms with van der Waals surface area (Å²) in [6.45, 7) is 1.24. The van der Waals surface area contributed by atoms with Gasteiger partial charge in [0.25, 0.3) is 0 Å². The van der Waals surface area contributed by atoms with Gasteiger partial charge in [0.15, 0.2) is 0 Å². The van der Waals surface area contributed by atoms with Crippen LogP contribution in [0.5, 0.6) is 0 Å². The van der Waals surface area contributed by atoms with Crippen molar-refractivity contribution in [2.24, 2.45) is 0 Å². The minimum atomic E-state index is 0.504. The lowest BCUT2D eigenvalue weighted by Crippen LogP contribution is -2.39. The lowest BCUT2D eigenvalue weighted by atomic mass is 9.90. The first-order chi connectivity index (χ1) is 11.9. The first kappa shape index (κ1) is 14.2. The fourth-order valence-corrected chi connectivity index (χ4v) is 4.22. The van der Waals surface area contributed by atoms with Crippen LogP contribution in [0.25, 0.3) is 16.6 Å². The molecule has 3 aromatic rings. The zero-order valence-electron chi connectivity index (χ0n) is 13.8. The first-order valence-corrected chi connectivity index (χ1v) is 9.03. The number of pyridine rings is 2. The van der Waals surface area contributed by atoms with Crippen LogP contribution >= 0.6 is 0 Å². The number of nitrogens with zero attached hydrogens (tertiary/aromatic N) is 4. The predicted octanol–water partition coefficient (Wildman–Crippen LogP) is 4.09. The zero-order chi connectivity index (χ0) is 15.9. The van der Waals surface area contributed by atoms with E-state index >= 15 is 0 Å². The number of fused-ring (bicyclic) bond motifs is 1. The molecule has 5 rings (SSSR count). The molecule has 4 heterocycles. The van der Waals surface area contributed by atoms with Gasteiger partial charge in [-0.25, -0.2) is 4.98 Å². The molecule has 24 heavy (non-hydrogen) atoms. The van der Waals surface area contributed by atoms with E-state index in [2.05, 4.69) is 38.7 Å². The molecule has 2 aliphatic rings. The third kappa shape index (κ3) is 2.25. The lowest BCUT2D eigenvalue weighted by Gasteiger charge is -2.38. The quantitative estimate of drug-likeness (QED) is 0.729. The van der Waals surface area contributed by atoms with Gasteiger partial charge in [-0.15, -0.1) is 0 Å². The molecule has 2 fully saturated rings. The van der Waals surface area contributed by atoms with Crippen molar-refractivity contribution < 1.29 is 0 Å². The molecule has 3 aromatic heterocycles. The zero-order valence-corrected chi connectivity index (χ0v) is 13.8. The first-order valence-electron chi connectivity index (χ1n) is 9.03. The Morgan fingerprint density at radius 3 is 2.75 bits per heavy atom. The molecular formula is C20H22N4. The molecule has 1 saturated carbocycles.